The second-order valence-corrected chi connectivity index (χ2v) is 8.36. The number of methoxy groups -OCH3 is 1. The van der Waals surface area contributed by atoms with Gasteiger partial charge in [0.15, 0.2) is 22.7 Å². The van der Waals surface area contributed by atoms with Crippen LogP contribution in [0.3, 0.4) is 0 Å². The van der Waals surface area contributed by atoms with E-state index < -0.39 is 41.4 Å². The van der Waals surface area contributed by atoms with Crippen molar-refractivity contribution in [3.63, 3.8) is 0 Å². The number of aliphatic hydroxyl groups is 2. The molecular formula is C23H26F5N3O5. The maximum absolute atomic E-state index is 13.7. The van der Waals surface area contributed by atoms with E-state index in [4.69, 9.17) is 24.4 Å². The number of hydrogen-bond donors (Lipinski definition) is 3. The molecule has 0 amide bonds. The fourth-order valence-corrected chi connectivity index (χ4v) is 3.84. The molecule has 0 saturated carbocycles. The van der Waals surface area contributed by atoms with Crippen molar-refractivity contribution in [1.82, 2.24) is 15.0 Å². The summed E-state index contributed by atoms with van der Waals surface area (Å²) in [4.78, 5) is 10.9. The molecule has 2 aromatic heterocycles. The van der Waals surface area contributed by atoms with E-state index in [-0.39, 0.29) is 31.1 Å². The highest BCUT2D eigenvalue weighted by Gasteiger charge is 2.61. The third-order valence-electron chi connectivity index (χ3n) is 6.21. The fourth-order valence-electron chi connectivity index (χ4n) is 3.84. The molecule has 0 bridgehead atoms. The van der Waals surface area contributed by atoms with Crippen molar-refractivity contribution in [3.8, 4) is 11.6 Å². The van der Waals surface area contributed by atoms with E-state index in [1.807, 2.05) is 0 Å². The van der Waals surface area contributed by atoms with Gasteiger partial charge in [-0.25, -0.2) is 14.4 Å². The summed E-state index contributed by atoms with van der Waals surface area (Å²) in [5.74, 6) is -4.04. The molecular weight excluding hydrogens is 493 g/mol. The number of nitrogens with zero attached hydrogens (tertiary/aromatic N) is 2. The van der Waals surface area contributed by atoms with Gasteiger partial charge in [0.2, 0.25) is 11.7 Å². The van der Waals surface area contributed by atoms with Crippen LogP contribution in [0.1, 0.15) is 25.3 Å². The Balaban J connectivity index is 0.000000212. The van der Waals surface area contributed by atoms with Crippen molar-refractivity contribution >= 4 is 11.0 Å². The van der Waals surface area contributed by atoms with Crippen molar-refractivity contribution in [2.45, 2.75) is 37.6 Å². The van der Waals surface area contributed by atoms with E-state index in [2.05, 4.69) is 15.0 Å². The first-order chi connectivity index (χ1) is 16.9. The number of aliphatic hydroxyl groups excluding tert-OH is 2. The second-order valence-electron chi connectivity index (χ2n) is 8.36. The highest BCUT2D eigenvalue weighted by Crippen LogP contribution is 2.51. The molecule has 1 fully saturated rings. The van der Waals surface area contributed by atoms with Crippen LogP contribution < -0.4 is 9.47 Å². The lowest BCUT2D eigenvalue weighted by atomic mass is 9.79. The zero-order valence-electron chi connectivity index (χ0n) is 19.6. The lowest BCUT2D eigenvalue weighted by Gasteiger charge is -2.32. The minimum atomic E-state index is -4.55. The van der Waals surface area contributed by atoms with Gasteiger partial charge < -0.3 is 29.4 Å². The van der Waals surface area contributed by atoms with Crippen LogP contribution in [0, 0.1) is 17.6 Å². The summed E-state index contributed by atoms with van der Waals surface area (Å²) in [6.07, 6.45) is -2.32. The molecule has 198 valence electrons. The number of aromatic amines is 1. The zero-order valence-corrected chi connectivity index (χ0v) is 19.6. The highest BCUT2D eigenvalue weighted by atomic mass is 19.4. The van der Waals surface area contributed by atoms with Gasteiger partial charge in [0.1, 0.15) is 12.7 Å². The van der Waals surface area contributed by atoms with E-state index in [1.54, 1.807) is 18.6 Å². The molecule has 0 spiro atoms. The van der Waals surface area contributed by atoms with E-state index in [0.29, 0.717) is 11.4 Å². The van der Waals surface area contributed by atoms with E-state index >= 15 is 0 Å². The summed E-state index contributed by atoms with van der Waals surface area (Å²) in [5.41, 5.74) is -0.717. The predicted molar refractivity (Wildman–Crippen MR) is 118 cm³/mol. The van der Waals surface area contributed by atoms with E-state index in [9.17, 15) is 22.0 Å². The van der Waals surface area contributed by atoms with Gasteiger partial charge in [0.25, 0.3) is 0 Å². The number of benzene rings is 1. The molecule has 13 heteroatoms. The van der Waals surface area contributed by atoms with Gasteiger partial charge in [0.05, 0.1) is 32.2 Å². The number of pyridine rings is 1. The van der Waals surface area contributed by atoms with Crippen LogP contribution in [0.5, 0.6) is 11.6 Å². The molecule has 36 heavy (non-hydrogen) atoms. The Morgan fingerprint density at radius 3 is 2.58 bits per heavy atom. The van der Waals surface area contributed by atoms with Crippen molar-refractivity contribution < 1.29 is 46.4 Å². The fraction of sp³-hybridized carbons (Fsp3) is 0.478. The molecule has 0 aliphatic carbocycles. The molecule has 3 N–H and O–H groups in total. The van der Waals surface area contributed by atoms with Crippen LogP contribution in [0.25, 0.3) is 11.0 Å². The zero-order chi connectivity index (χ0) is 26.7. The number of ether oxygens (including phenoxy) is 3. The monoisotopic (exact) mass is 519 g/mol. The minimum absolute atomic E-state index is 0.00449. The number of rotatable bonds is 6. The Morgan fingerprint density at radius 2 is 1.97 bits per heavy atom. The summed E-state index contributed by atoms with van der Waals surface area (Å²) >= 11 is 0. The molecule has 0 radical (unpaired) electrons. The highest BCUT2D eigenvalue weighted by molar-refractivity contribution is 5.78. The summed E-state index contributed by atoms with van der Waals surface area (Å²) < 4.78 is 81.3. The molecule has 1 aliphatic rings. The number of nitrogens with one attached hydrogen (secondary N) is 1. The first-order valence-corrected chi connectivity index (χ1v) is 10.9. The number of hydrogen-bond acceptors (Lipinski definition) is 7. The van der Waals surface area contributed by atoms with Crippen molar-refractivity contribution in [2.24, 2.45) is 5.92 Å². The molecule has 3 aromatic rings. The number of aromatic nitrogens is 3. The number of H-pyrrole nitrogens is 1. The van der Waals surface area contributed by atoms with Crippen LogP contribution in [0.4, 0.5) is 22.0 Å². The number of imidazole rings is 1. The Hall–Kier alpha value is -3.03. The van der Waals surface area contributed by atoms with Crippen LogP contribution in [0.2, 0.25) is 0 Å². The van der Waals surface area contributed by atoms with Gasteiger partial charge in [-0.3, -0.25) is 0 Å². The van der Waals surface area contributed by atoms with Gasteiger partial charge in [-0.05, 0) is 19.1 Å². The Bertz CT molecular complexity index is 1170. The standard InChI is InChI=1S/C14H15F5O2.C9H11N3O3/c1-7-9(6-21-13(7,2)14(17,18)19)8-4-5-10(15)11(16)12(8)20-3;13-3-6(14)4-15-9-8-7(1-2-10-9)11-5-12-8/h4-5,7,9H,6H2,1-3H3;1-2,5-6,13-14H,3-4H2,(H,11,12)/t7?,9?,13-;/m1./s1. The Kier molecular flexibility index (Phi) is 8.37. The number of alkyl halides is 3. The average molecular weight is 519 g/mol. The van der Waals surface area contributed by atoms with Crippen LogP contribution >= 0.6 is 0 Å². The van der Waals surface area contributed by atoms with Crippen LogP contribution in [-0.2, 0) is 4.74 Å². The van der Waals surface area contributed by atoms with Crippen molar-refractivity contribution in [3.05, 3.63) is 47.9 Å². The Labute approximate surface area is 203 Å². The number of halogens is 5. The normalized spacial score (nSPS) is 22.7. The van der Waals surface area contributed by atoms with Gasteiger partial charge in [-0.1, -0.05) is 13.0 Å². The molecule has 8 nitrogen and oxygen atoms in total. The van der Waals surface area contributed by atoms with E-state index in [1.165, 1.54) is 13.0 Å². The summed E-state index contributed by atoms with van der Waals surface area (Å²) in [6.45, 7) is 1.76. The summed E-state index contributed by atoms with van der Waals surface area (Å²) in [6, 6.07) is 3.89. The van der Waals surface area contributed by atoms with Crippen LogP contribution in [-0.4, -0.2) is 70.0 Å². The lowest BCUT2D eigenvalue weighted by molar-refractivity contribution is -0.266. The first-order valence-electron chi connectivity index (χ1n) is 10.9. The third kappa shape index (κ3) is 5.37. The van der Waals surface area contributed by atoms with Crippen molar-refractivity contribution in [1.29, 1.82) is 0 Å². The molecule has 4 atom stereocenters. The van der Waals surface area contributed by atoms with Crippen LogP contribution in [0.15, 0.2) is 30.7 Å². The molecule has 3 heterocycles. The second kappa shape index (κ2) is 10.9. The largest absolute Gasteiger partial charge is 0.493 e. The van der Waals surface area contributed by atoms with Gasteiger partial charge in [-0.15, -0.1) is 0 Å². The maximum atomic E-state index is 13.7. The molecule has 3 unspecified atom stereocenters. The minimum Gasteiger partial charge on any atom is -0.493 e. The molecule has 1 aromatic carbocycles. The summed E-state index contributed by atoms with van der Waals surface area (Å²) in [5, 5.41) is 17.7. The number of fused-ring (bicyclic) bond motifs is 1. The van der Waals surface area contributed by atoms with E-state index in [0.717, 1.165) is 25.6 Å². The Morgan fingerprint density at radius 1 is 1.25 bits per heavy atom. The smallest absolute Gasteiger partial charge is 0.417 e. The lowest BCUT2D eigenvalue weighted by Crippen LogP contribution is -2.46. The third-order valence-corrected chi connectivity index (χ3v) is 6.21. The molecule has 1 saturated heterocycles. The SMILES string of the molecule is COc1c(C2CO[C@@](C)(C(F)(F)F)C2C)ccc(F)c1F.OCC(O)COc1nccc2[nH]cnc12. The van der Waals surface area contributed by atoms with Gasteiger partial charge in [-0.2, -0.15) is 17.6 Å². The molecule has 4 rings (SSSR count). The average Bonchev–Trinajstić information content (AvgIpc) is 3.45. The predicted octanol–water partition coefficient (Wildman–Crippen LogP) is 3.73. The first kappa shape index (κ1) is 27.6. The molecule has 1 aliphatic heterocycles. The van der Waals surface area contributed by atoms with Gasteiger partial charge in [0, 0.05) is 23.6 Å². The topological polar surface area (TPSA) is 110 Å². The summed E-state index contributed by atoms with van der Waals surface area (Å²) in [7, 11) is 1.14. The van der Waals surface area contributed by atoms with Gasteiger partial charge >= 0.3 is 6.18 Å². The maximum Gasteiger partial charge on any atom is 0.417 e. The van der Waals surface area contributed by atoms with Crippen molar-refractivity contribution in [2.75, 3.05) is 26.9 Å². The quantitative estimate of drug-likeness (QED) is 0.426.